The summed E-state index contributed by atoms with van der Waals surface area (Å²) in [5.74, 6) is -1.10. The van der Waals surface area contributed by atoms with Gasteiger partial charge in [0, 0.05) is 19.9 Å². The number of anilines is 1. The van der Waals surface area contributed by atoms with E-state index < -0.39 is 12.0 Å². The van der Waals surface area contributed by atoms with E-state index in [4.69, 9.17) is 9.84 Å². The number of pyridine rings is 1. The predicted octanol–water partition coefficient (Wildman–Crippen LogP) is 0.936. The van der Waals surface area contributed by atoms with Crippen LogP contribution in [0.15, 0.2) is 18.5 Å². The molecule has 1 atom stereocenters. The van der Waals surface area contributed by atoms with E-state index in [1.807, 2.05) is 6.92 Å². The Labute approximate surface area is 104 Å². The number of amides is 2. The second-order valence-corrected chi connectivity index (χ2v) is 3.65. The maximum absolute atomic E-state index is 11.5. The van der Waals surface area contributed by atoms with E-state index in [2.05, 4.69) is 15.6 Å². The van der Waals surface area contributed by atoms with Gasteiger partial charge in [0.1, 0.15) is 0 Å². The van der Waals surface area contributed by atoms with Crippen LogP contribution >= 0.6 is 0 Å². The number of nitrogens with one attached hydrogen (secondary N) is 2. The van der Waals surface area contributed by atoms with Gasteiger partial charge in [-0.25, -0.2) is 9.59 Å². The Kier molecular flexibility index (Phi) is 5.06. The Balaban J connectivity index is 2.54. The molecule has 1 heterocycles. The molecule has 0 aromatic carbocycles. The normalized spacial score (nSPS) is 11.7. The van der Waals surface area contributed by atoms with Crippen molar-refractivity contribution in [1.29, 1.82) is 0 Å². The highest BCUT2D eigenvalue weighted by atomic mass is 16.5. The van der Waals surface area contributed by atoms with Gasteiger partial charge in [0.15, 0.2) is 0 Å². The largest absolute Gasteiger partial charge is 0.478 e. The van der Waals surface area contributed by atoms with Crippen molar-refractivity contribution in [2.75, 3.05) is 19.0 Å². The minimum atomic E-state index is -1.10. The first-order valence-corrected chi connectivity index (χ1v) is 5.29. The van der Waals surface area contributed by atoms with Crippen molar-refractivity contribution in [3.05, 3.63) is 24.0 Å². The minimum absolute atomic E-state index is 0.0121. The molecule has 2 amide bonds. The number of hydrogen-bond acceptors (Lipinski definition) is 4. The van der Waals surface area contributed by atoms with Crippen molar-refractivity contribution >= 4 is 17.7 Å². The smallest absolute Gasteiger partial charge is 0.337 e. The van der Waals surface area contributed by atoms with Gasteiger partial charge in [-0.3, -0.25) is 4.98 Å². The topological polar surface area (TPSA) is 101 Å². The molecule has 0 bridgehead atoms. The van der Waals surface area contributed by atoms with Crippen LogP contribution in [-0.4, -0.2) is 41.8 Å². The number of carboxylic acids is 1. The summed E-state index contributed by atoms with van der Waals surface area (Å²) in [7, 11) is 1.55. The first-order chi connectivity index (χ1) is 8.52. The van der Waals surface area contributed by atoms with E-state index in [0.29, 0.717) is 12.2 Å². The van der Waals surface area contributed by atoms with Crippen LogP contribution in [0.25, 0.3) is 0 Å². The molecule has 7 heteroatoms. The fraction of sp³-hybridized carbons (Fsp3) is 0.364. The van der Waals surface area contributed by atoms with Crippen molar-refractivity contribution in [3.63, 3.8) is 0 Å². The Bertz CT molecular complexity index is 436. The van der Waals surface area contributed by atoms with Crippen LogP contribution < -0.4 is 10.6 Å². The Morgan fingerprint density at radius 1 is 1.50 bits per heavy atom. The number of urea groups is 1. The molecule has 1 aromatic rings. The van der Waals surface area contributed by atoms with Crippen LogP contribution in [0.1, 0.15) is 17.3 Å². The molecule has 0 aliphatic heterocycles. The number of carbonyl (C=O) groups excluding carboxylic acids is 1. The Morgan fingerprint density at radius 3 is 2.83 bits per heavy atom. The molecule has 0 fully saturated rings. The molecular formula is C11H15N3O4. The van der Waals surface area contributed by atoms with Gasteiger partial charge >= 0.3 is 12.0 Å². The van der Waals surface area contributed by atoms with E-state index in [1.165, 1.54) is 18.5 Å². The third-order valence-corrected chi connectivity index (χ3v) is 2.20. The van der Waals surface area contributed by atoms with Crippen LogP contribution in [0.2, 0.25) is 0 Å². The Morgan fingerprint density at radius 2 is 2.22 bits per heavy atom. The molecule has 0 aliphatic carbocycles. The van der Waals surface area contributed by atoms with Crippen molar-refractivity contribution in [2.24, 2.45) is 0 Å². The van der Waals surface area contributed by atoms with Gasteiger partial charge in [-0.15, -0.1) is 0 Å². The van der Waals surface area contributed by atoms with Gasteiger partial charge < -0.3 is 20.5 Å². The molecule has 7 nitrogen and oxygen atoms in total. The van der Waals surface area contributed by atoms with Crippen molar-refractivity contribution in [3.8, 4) is 0 Å². The van der Waals surface area contributed by atoms with Crippen LogP contribution in [0.5, 0.6) is 0 Å². The maximum atomic E-state index is 11.5. The van der Waals surface area contributed by atoms with Crippen molar-refractivity contribution < 1.29 is 19.4 Å². The number of rotatable bonds is 5. The minimum Gasteiger partial charge on any atom is -0.478 e. The van der Waals surface area contributed by atoms with Crippen LogP contribution in [0.4, 0.5) is 10.5 Å². The number of methoxy groups -OCH3 is 1. The lowest BCUT2D eigenvalue weighted by molar-refractivity contribution is 0.0696. The highest BCUT2D eigenvalue weighted by Gasteiger charge is 2.07. The second kappa shape index (κ2) is 6.55. The van der Waals surface area contributed by atoms with Gasteiger partial charge in [0.2, 0.25) is 0 Å². The first-order valence-electron chi connectivity index (χ1n) is 5.29. The van der Waals surface area contributed by atoms with Crippen molar-refractivity contribution in [1.82, 2.24) is 10.3 Å². The second-order valence-electron chi connectivity index (χ2n) is 3.65. The average molecular weight is 253 g/mol. The van der Waals surface area contributed by atoms with E-state index >= 15 is 0 Å². The third kappa shape index (κ3) is 4.38. The summed E-state index contributed by atoms with van der Waals surface area (Å²) in [6.07, 6.45) is 2.48. The molecule has 1 unspecified atom stereocenters. The van der Waals surface area contributed by atoms with Crippen LogP contribution in [0.3, 0.4) is 0 Å². The quantitative estimate of drug-likeness (QED) is 0.725. The molecule has 98 valence electrons. The lowest BCUT2D eigenvalue weighted by Gasteiger charge is -2.11. The van der Waals surface area contributed by atoms with Gasteiger partial charge in [0.25, 0.3) is 0 Å². The van der Waals surface area contributed by atoms with Gasteiger partial charge in [-0.05, 0) is 13.0 Å². The summed E-state index contributed by atoms with van der Waals surface area (Å²) in [6.45, 7) is 2.17. The number of carboxylic acid groups (broad SMARTS) is 1. The number of hydrogen-bond donors (Lipinski definition) is 3. The summed E-state index contributed by atoms with van der Waals surface area (Å²) in [5, 5.41) is 13.8. The van der Waals surface area contributed by atoms with Gasteiger partial charge in [-0.1, -0.05) is 0 Å². The number of carbonyl (C=O) groups is 2. The number of aromatic carboxylic acids is 1. The lowest BCUT2D eigenvalue weighted by Crippen LogP contribution is -2.34. The fourth-order valence-electron chi connectivity index (χ4n) is 1.12. The summed E-state index contributed by atoms with van der Waals surface area (Å²) in [4.78, 5) is 25.9. The monoisotopic (exact) mass is 253 g/mol. The predicted molar refractivity (Wildman–Crippen MR) is 64.7 cm³/mol. The first kappa shape index (κ1) is 13.9. The van der Waals surface area contributed by atoms with E-state index in [-0.39, 0.29) is 11.7 Å². The van der Waals surface area contributed by atoms with Gasteiger partial charge in [-0.2, -0.15) is 0 Å². The Hall–Kier alpha value is -2.15. The maximum Gasteiger partial charge on any atom is 0.337 e. The zero-order valence-corrected chi connectivity index (χ0v) is 10.1. The molecule has 0 saturated carbocycles. The molecule has 0 saturated heterocycles. The molecule has 0 radical (unpaired) electrons. The summed E-state index contributed by atoms with van der Waals surface area (Å²) in [5.41, 5.74) is 0.329. The summed E-state index contributed by atoms with van der Waals surface area (Å²) < 4.78 is 4.97. The highest BCUT2D eigenvalue weighted by Crippen LogP contribution is 2.07. The standard InChI is InChI=1S/C11H15N3O4/c1-7(18-2)4-13-11(17)14-9-3-8(10(15)16)5-12-6-9/h3,5-7H,4H2,1-2H3,(H,15,16)(H2,13,14,17). The lowest BCUT2D eigenvalue weighted by atomic mass is 10.2. The molecule has 1 aromatic heterocycles. The molecule has 18 heavy (non-hydrogen) atoms. The molecular weight excluding hydrogens is 238 g/mol. The average Bonchev–Trinajstić information content (AvgIpc) is 2.36. The number of ether oxygens (including phenoxy) is 1. The van der Waals surface area contributed by atoms with Crippen LogP contribution in [0, 0.1) is 0 Å². The molecule has 0 aliphatic rings. The van der Waals surface area contributed by atoms with E-state index in [0.717, 1.165) is 0 Å². The van der Waals surface area contributed by atoms with Crippen LogP contribution in [-0.2, 0) is 4.74 Å². The third-order valence-electron chi connectivity index (χ3n) is 2.20. The molecule has 0 spiro atoms. The zero-order valence-electron chi connectivity index (χ0n) is 10.1. The zero-order chi connectivity index (χ0) is 13.5. The SMILES string of the molecule is COC(C)CNC(=O)Nc1cncc(C(=O)O)c1. The highest BCUT2D eigenvalue weighted by molar-refractivity contribution is 5.92. The van der Waals surface area contributed by atoms with Crippen molar-refractivity contribution in [2.45, 2.75) is 13.0 Å². The summed E-state index contributed by atoms with van der Waals surface area (Å²) >= 11 is 0. The van der Waals surface area contributed by atoms with E-state index in [1.54, 1.807) is 7.11 Å². The van der Waals surface area contributed by atoms with E-state index in [9.17, 15) is 9.59 Å². The fourth-order valence-corrected chi connectivity index (χ4v) is 1.12. The van der Waals surface area contributed by atoms with Gasteiger partial charge in [0.05, 0.1) is 23.6 Å². The molecule has 3 N–H and O–H groups in total. The molecule has 1 rings (SSSR count). The summed E-state index contributed by atoms with van der Waals surface area (Å²) in [6, 6.07) is 0.887. The number of aromatic nitrogens is 1. The number of nitrogens with zero attached hydrogens (tertiary/aromatic N) is 1.